The first-order valence-corrected chi connectivity index (χ1v) is 6.52. The summed E-state index contributed by atoms with van der Waals surface area (Å²) in [4.78, 5) is 22.0. The van der Waals surface area contributed by atoms with Crippen LogP contribution < -0.4 is 10.6 Å². The SMILES string of the molecule is C=CC(=O)NCC(C)C(NC(=O)C=C)S(=O)(=O)O. The standard InChI is InChI=1S/C10H16N2O5S/c1-4-8(13)11-6-7(3)10(18(15,16)17)12-9(14)5-2/h4-5,7,10H,1-2,6H2,3H3,(H,11,13)(H,12,14)(H,15,16,17). The highest BCUT2D eigenvalue weighted by Gasteiger charge is 2.30. The maximum absolute atomic E-state index is 11.1. The van der Waals surface area contributed by atoms with Gasteiger partial charge in [-0.25, -0.2) is 0 Å². The van der Waals surface area contributed by atoms with Crippen LogP contribution >= 0.6 is 0 Å². The van der Waals surface area contributed by atoms with E-state index in [1.54, 1.807) is 0 Å². The van der Waals surface area contributed by atoms with Crippen LogP contribution in [0.2, 0.25) is 0 Å². The van der Waals surface area contributed by atoms with Gasteiger partial charge in [0.05, 0.1) is 0 Å². The Hall–Kier alpha value is -1.67. The van der Waals surface area contributed by atoms with Crippen LogP contribution in [0, 0.1) is 5.92 Å². The van der Waals surface area contributed by atoms with Crippen LogP contribution in [0.1, 0.15) is 6.92 Å². The first-order valence-electron chi connectivity index (χ1n) is 5.01. The van der Waals surface area contributed by atoms with E-state index in [4.69, 9.17) is 4.55 Å². The molecule has 0 aromatic heterocycles. The summed E-state index contributed by atoms with van der Waals surface area (Å²) in [5.74, 6) is -1.95. The predicted molar refractivity (Wildman–Crippen MR) is 66.0 cm³/mol. The summed E-state index contributed by atoms with van der Waals surface area (Å²) < 4.78 is 31.2. The fourth-order valence-electron chi connectivity index (χ4n) is 1.15. The van der Waals surface area contributed by atoms with Crippen LogP contribution in [-0.4, -0.2) is 36.7 Å². The van der Waals surface area contributed by atoms with E-state index in [2.05, 4.69) is 23.8 Å². The topological polar surface area (TPSA) is 113 Å². The van der Waals surface area contributed by atoms with Crippen molar-refractivity contribution in [2.75, 3.05) is 6.54 Å². The second-order valence-corrected chi connectivity index (χ2v) is 5.11. The molecule has 7 nitrogen and oxygen atoms in total. The van der Waals surface area contributed by atoms with Crippen molar-refractivity contribution in [1.29, 1.82) is 0 Å². The molecule has 0 saturated carbocycles. The quantitative estimate of drug-likeness (QED) is 0.426. The lowest BCUT2D eigenvalue weighted by Crippen LogP contribution is -2.47. The molecule has 0 aromatic rings. The molecule has 0 aliphatic carbocycles. The van der Waals surface area contributed by atoms with Gasteiger partial charge in [-0.2, -0.15) is 8.42 Å². The zero-order valence-corrected chi connectivity index (χ0v) is 10.7. The van der Waals surface area contributed by atoms with E-state index >= 15 is 0 Å². The van der Waals surface area contributed by atoms with Gasteiger partial charge < -0.3 is 10.6 Å². The third-order valence-electron chi connectivity index (χ3n) is 2.09. The largest absolute Gasteiger partial charge is 0.352 e. The zero-order chi connectivity index (χ0) is 14.3. The summed E-state index contributed by atoms with van der Waals surface area (Å²) in [6.45, 7) is 7.80. The van der Waals surface area contributed by atoms with Crippen molar-refractivity contribution in [2.45, 2.75) is 12.3 Å². The van der Waals surface area contributed by atoms with Crippen molar-refractivity contribution < 1.29 is 22.6 Å². The van der Waals surface area contributed by atoms with E-state index < -0.39 is 33.2 Å². The van der Waals surface area contributed by atoms with Gasteiger partial charge >= 0.3 is 0 Å². The second kappa shape index (κ2) is 6.92. The van der Waals surface area contributed by atoms with Gasteiger partial charge in [-0.1, -0.05) is 20.1 Å². The molecule has 2 unspecified atom stereocenters. The van der Waals surface area contributed by atoms with Crippen molar-refractivity contribution in [3.8, 4) is 0 Å². The Labute approximate surface area is 106 Å². The van der Waals surface area contributed by atoms with Crippen LogP contribution in [-0.2, 0) is 19.7 Å². The summed E-state index contributed by atoms with van der Waals surface area (Å²) in [7, 11) is -4.48. The van der Waals surface area contributed by atoms with Crippen LogP contribution in [0.5, 0.6) is 0 Å². The minimum atomic E-state index is -4.48. The number of amides is 2. The van der Waals surface area contributed by atoms with Crippen LogP contribution in [0.15, 0.2) is 25.3 Å². The van der Waals surface area contributed by atoms with Crippen molar-refractivity contribution >= 4 is 21.9 Å². The molecule has 0 aliphatic rings. The normalized spacial score (nSPS) is 14.1. The van der Waals surface area contributed by atoms with Crippen molar-refractivity contribution in [2.24, 2.45) is 5.92 Å². The number of carbonyl (C=O) groups excluding carboxylic acids is 2. The van der Waals surface area contributed by atoms with E-state index in [1.807, 2.05) is 0 Å². The molecule has 3 N–H and O–H groups in total. The number of carbonyl (C=O) groups is 2. The molecule has 0 spiro atoms. The number of hydrogen-bond acceptors (Lipinski definition) is 4. The van der Waals surface area contributed by atoms with E-state index in [0.717, 1.165) is 12.2 Å². The molecule has 0 rings (SSSR count). The lowest BCUT2D eigenvalue weighted by atomic mass is 10.1. The highest BCUT2D eigenvalue weighted by molar-refractivity contribution is 7.86. The van der Waals surface area contributed by atoms with E-state index in [9.17, 15) is 18.0 Å². The Bertz CT molecular complexity index is 443. The average Bonchev–Trinajstić information content (AvgIpc) is 2.30. The molecule has 102 valence electrons. The van der Waals surface area contributed by atoms with Crippen LogP contribution in [0.3, 0.4) is 0 Å². The first-order chi connectivity index (χ1) is 8.22. The zero-order valence-electron chi connectivity index (χ0n) is 9.92. The maximum atomic E-state index is 11.1. The van der Waals surface area contributed by atoms with Gasteiger partial charge in [0.2, 0.25) is 11.8 Å². The molecule has 0 saturated heterocycles. The second-order valence-electron chi connectivity index (χ2n) is 3.57. The molecule has 8 heteroatoms. The highest BCUT2D eigenvalue weighted by atomic mass is 32.2. The minimum Gasteiger partial charge on any atom is -0.352 e. The van der Waals surface area contributed by atoms with Gasteiger partial charge in [0.1, 0.15) is 0 Å². The van der Waals surface area contributed by atoms with Gasteiger partial charge in [0.25, 0.3) is 10.1 Å². The van der Waals surface area contributed by atoms with Crippen LogP contribution in [0.25, 0.3) is 0 Å². The molecule has 0 bridgehead atoms. The third-order valence-corrected chi connectivity index (χ3v) is 3.32. The Morgan fingerprint density at radius 3 is 2.17 bits per heavy atom. The van der Waals surface area contributed by atoms with E-state index in [1.165, 1.54) is 6.92 Å². The number of hydrogen-bond donors (Lipinski definition) is 3. The molecule has 0 aliphatic heterocycles. The Morgan fingerprint density at radius 2 is 1.78 bits per heavy atom. The monoisotopic (exact) mass is 276 g/mol. The fraction of sp³-hybridized carbons (Fsp3) is 0.400. The molecule has 0 heterocycles. The van der Waals surface area contributed by atoms with Crippen molar-refractivity contribution in [3.63, 3.8) is 0 Å². The molecule has 18 heavy (non-hydrogen) atoms. The highest BCUT2D eigenvalue weighted by Crippen LogP contribution is 2.08. The van der Waals surface area contributed by atoms with Gasteiger partial charge in [-0.05, 0) is 12.2 Å². The molecule has 2 amide bonds. The summed E-state index contributed by atoms with van der Waals surface area (Å²) in [5, 5.41) is 2.92. The summed E-state index contributed by atoms with van der Waals surface area (Å²) in [5.41, 5.74) is 0. The van der Waals surface area contributed by atoms with Gasteiger partial charge in [-0.3, -0.25) is 14.1 Å². The molecule has 0 aromatic carbocycles. The molecule has 2 atom stereocenters. The lowest BCUT2D eigenvalue weighted by Gasteiger charge is -2.21. The molecular formula is C10H16N2O5S. The molecule has 0 fully saturated rings. The first kappa shape index (κ1) is 16.3. The van der Waals surface area contributed by atoms with E-state index in [0.29, 0.717) is 0 Å². The Kier molecular flexibility index (Phi) is 6.28. The van der Waals surface area contributed by atoms with Gasteiger partial charge in [-0.15, -0.1) is 0 Å². The minimum absolute atomic E-state index is 0.0489. The molecule has 0 radical (unpaired) electrons. The van der Waals surface area contributed by atoms with E-state index in [-0.39, 0.29) is 6.54 Å². The number of rotatable bonds is 7. The summed E-state index contributed by atoms with van der Waals surface area (Å²) >= 11 is 0. The van der Waals surface area contributed by atoms with Crippen molar-refractivity contribution in [1.82, 2.24) is 10.6 Å². The summed E-state index contributed by atoms with van der Waals surface area (Å²) in [6, 6.07) is 0. The Morgan fingerprint density at radius 1 is 1.28 bits per heavy atom. The number of nitrogens with one attached hydrogen (secondary N) is 2. The maximum Gasteiger partial charge on any atom is 0.286 e. The lowest BCUT2D eigenvalue weighted by molar-refractivity contribution is -0.117. The Balaban J connectivity index is 4.76. The third kappa shape index (κ3) is 5.60. The van der Waals surface area contributed by atoms with Gasteiger partial charge in [0.15, 0.2) is 5.37 Å². The average molecular weight is 276 g/mol. The molecular weight excluding hydrogens is 260 g/mol. The fourth-order valence-corrected chi connectivity index (χ4v) is 2.10. The predicted octanol–water partition coefficient (Wildman–Crippen LogP) is -0.559. The van der Waals surface area contributed by atoms with Gasteiger partial charge in [0, 0.05) is 12.5 Å². The van der Waals surface area contributed by atoms with Crippen molar-refractivity contribution in [3.05, 3.63) is 25.3 Å². The van der Waals surface area contributed by atoms with Crippen LogP contribution in [0.4, 0.5) is 0 Å². The summed E-state index contributed by atoms with van der Waals surface area (Å²) in [6.07, 6.45) is 1.91. The smallest absolute Gasteiger partial charge is 0.286 e.